The Labute approximate surface area is 104 Å². The summed E-state index contributed by atoms with van der Waals surface area (Å²) in [6, 6.07) is 10.0. The van der Waals surface area contributed by atoms with Gasteiger partial charge in [-0.1, -0.05) is 45.8 Å². The molecular formula is C13H14BrNO. The average molecular weight is 280 g/mol. The highest BCUT2D eigenvalue weighted by Crippen LogP contribution is 2.23. The highest BCUT2D eigenvalue weighted by molar-refractivity contribution is 9.09. The molecule has 0 saturated heterocycles. The van der Waals surface area contributed by atoms with Crippen LogP contribution in [0.2, 0.25) is 0 Å². The van der Waals surface area contributed by atoms with Crippen molar-refractivity contribution in [2.45, 2.75) is 25.7 Å². The summed E-state index contributed by atoms with van der Waals surface area (Å²) < 4.78 is 0. The van der Waals surface area contributed by atoms with Crippen LogP contribution in [0.15, 0.2) is 24.3 Å². The zero-order valence-corrected chi connectivity index (χ0v) is 10.8. The Morgan fingerprint density at radius 3 is 2.88 bits per heavy atom. The number of carbonyl (C=O) groups excluding carboxylic acids is 1. The lowest BCUT2D eigenvalue weighted by atomic mass is 9.90. The van der Waals surface area contributed by atoms with Crippen LogP contribution in [0.4, 0.5) is 0 Å². The predicted octanol–water partition coefficient (Wildman–Crippen LogP) is 3.35. The number of carbonyl (C=O) groups is 1. The molecule has 16 heavy (non-hydrogen) atoms. The van der Waals surface area contributed by atoms with Crippen molar-refractivity contribution in [1.82, 2.24) is 0 Å². The fourth-order valence-electron chi connectivity index (χ4n) is 1.70. The van der Waals surface area contributed by atoms with E-state index in [9.17, 15) is 4.79 Å². The molecule has 1 aromatic rings. The van der Waals surface area contributed by atoms with E-state index in [4.69, 9.17) is 5.26 Å². The SMILES string of the molecule is Cc1cccc(C(CCC#N)C(=O)CBr)c1. The van der Waals surface area contributed by atoms with Crippen LogP contribution in [0.25, 0.3) is 0 Å². The number of Topliss-reactive ketones (excluding diaryl/α,β-unsaturated/α-hetero) is 1. The predicted molar refractivity (Wildman–Crippen MR) is 67.6 cm³/mol. The monoisotopic (exact) mass is 279 g/mol. The number of alkyl halides is 1. The second kappa shape index (κ2) is 6.44. The van der Waals surface area contributed by atoms with E-state index in [0.717, 1.165) is 11.1 Å². The van der Waals surface area contributed by atoms with E-state index in [1.54, 1.807) is 0 Å². The van der Waals surface area contributed by atoms with Gasteiger partial charge in [-0.15, -0.1) is 0 Å². The first-order valence-electron chi connectivity index (χ1n) is 5.21. The molecule has 1 atom stereocenters. The molecule has 0 radical (unpaired) electrons. The number of nitriles is 1. The van der Waals surface area contributed by atoms with E-state index in [-0.39, 0.29) is 11.7 Å². The number of rotatable bonds is 5. The minimum absolute atomic E-state index is 0.140. The molecule has 2 nitrogen and oxygen atoms in total. The molecule has 0 aliphatic carbocycles. The fraction of sp³-hybridized carbons (Fsp3) is 0.385. The molecule has 0 amide bonds. The fourth-order valence-corrected chi connectivity index (χ4v) is 2.09. The largest absolute Gasteiger partial charge is 0.298 e. The number of benzene rings is 1. The Bertz CT molecular complexity index is 409. The second-order valence-electron chi connectivity index (χ2n) is 3.76. The molecule has 3 heteroatoms. The Balaban J connectivity index is 2.92. The smallest absolute Gasteiger partial charge is 0.150 e. The Morgan fingerprint density at radius 2 is 2.31 bits per heavy atom. The molecule has 1 rings (SSSR count). The van der Waals surface area contributed by atoms with Crippen LogP contribution in [0.1, 0.15) is 29.9 Å². The van der Waals surface area contributed by atoms with Gasteiger partial charge in [-0.2, -0.15) is 5.26 Å². The minimum atomic E-state index is -0.154. The van der Waals surface area contributed by atoms with Gasteiger partial charge in [-0.25, -0.2) is 0 Å². The highest BCUT2D eigenvalue weighted by Gasteiger charge is 2.18. The molecule has 84 valence electrons. The van der Waals surface area contributed by atoms with Crippen molar-refractivity contribution in [3.8, 4) is 6.07 Å². The van der Waals surface area contributed by atoms with E-state index >= 15 is 0 Å². The first-order valence-corrected chi connectivity index (χ1v) is 6.33. The summed E-state index contributed by atoms with van der Waals surface area (Å²) >= 11 is 3.19. The van der Waals surface area contributed by atoms with E-state index < -0.39 is 0 Å². The van der Waals surface area contributed by atoms with Gasteiger partial charge in [0.1, 0.15) is 0 Å². The standard InChI is InChI=1S/C13H14BrNO/c1-10-4-2-5-11(8-10)12(6-3-7-15)13(16)9-14/h2,4-5,8,12H,3,6,9H2,1H3. The van der Waals surface area contributed by atoms with Gasteiger partial charge in [0.2, 0.25) is 0 Å². The number of ketones is 1. The Morgan fingerprint density at radius 1 is 1.56 bits per heavy atom. The third kappa shape index (κ3) is 3.46. The highest BCUT2D eigenvalue weighted by atomic mass is 79.9. The van der Waals surface area contributed by atoms with Gasteiger partial charge >= 0.3 is 0 Å². The van der Waals surface area contributed by atoms with Crippen molar-refractivity contribution < 1.29 is 4.79 Å². The van der Waals surface area contributed by atoms with Gasteiger partial charge in [0.05, 0.1) is 11.4 Å². The molecular weight excluding hydrogens is 266 g/mol. The van der Waals surface area contributed by atoms with Gasteiger partial charge in [-0.05, 0) is 18.9 Å². The quantitative estimate of drug-likeness (QED) is 0.776. The van der Waals surface area contributed by atoms with Crippen LogP contribution >= 0.6 is 15.9 Å². The number of nitrogens with zero attached hydrogens (tertiary/aromatic N) is 1. The van der Waals surface area contributed by atoms with Gasteiger partial charge in [-0.3, -0.25) is 4.79 Å². The van der Waals surface area contributed by atoms with Crippen molar-refractivity contribution in [1.29, 1.82) is 5.26 Å². The zero-order chi connectivity index (χ0) is 12.0. The summed E-state index contributed by atoms with van der Waals surface area (Å²) in [4.78, 5) is 11.8. The van der Waals surface area contributed by atoms with Crippen LogP contribution in [0.5, 0.6) is 0 Å². The Kier molecular flexibility index (Phi) is 5.21. The molecule has 1 unspecified atom stereocenters. The number of aryl methyl sites for hydroxylation is 1. The summed E-state index contributed by atoms with van der Waals surface area (Å²) in [6.07, 6.45) is 1.02. The Hall–Kier alpha value is -1.14. The maximum absolute atomic E-state index is 11.8. The zero-order valence-electron chi connectivity index (χ0n) is 9.24. The van der Waals surface area contributed by atoms with Crippen molar-refractivity contribution in [3.63, 3.8) is 0 Å². The van der Waals surface area contributed by atoms with Gasteiger partial charge < -0.3 is 0 Å². The molecule has 0 spiro atoms. The third-order valence-electron chi connectivity index (χ3n) is 2.51. The van der Waals surface area contributed by atoms with Crippen molar-refractivity contribution in [2.75, 3.05) is 5.33 Å². The van der Waals surface area contributed by atoms with Crippen LogP contribution < -0.4 is 0 Å². The lowest BCUT2D eigenvalue weighted by Gasteiger charge is -2.14. The van der Waals surface area contributed by atoms with Crippen molar-refractivity contribution in [3.05, 3.63) is 35.4 Å². The summed E-state index contributed by atoms with van der Waals surface area (Å²) in [6.45, 7) is 2.00. The van der Waals surface area contributed by atoms with Gasteiger partial charge in [0.15, 0.2) is 5.78 Å². The van der Waals surface area contributed by atoms with Crippen LogP contribution in [-0.2, 0) is 4.79 Å². The molecule has 0 heterocycles. The summed E-state index contributed by atoms with van der Waals surface area (Å²) in [5.74, 6) is -0.0141. The van der Waals surface area contributed by atoms with Crippen LogP contribution in [-0.4, -0.2) is 11.1 Å². The van der Waals surface area contributed by atoms with Gasteiger partial charge in [0, 0.05) is 12.3 Å². The average Bonchev–Trinajstić information content (AvgIpc) is 2.29. The van der Waals surface area contributed by atoms with Crippen LogP contribution in [0, 0.1) is 18.3 Å². The maximum atomic E-state index is 11.8. The van der Waals surface area contributed by atoms with Crippen LogP contribution in [0.3, 0.4) is 0 Å². The third-order valence-corrected chi connectivity index (χ3v) is 3.06. The first kappa shape index (κ1) is 12.9. The van der Waals surface area contributed by atoms with Crippen molar-refractivity contribution >= 4 is 21.7 Å². The maximum Gasteiger partial charge on any atom is 0.150 e. The number of hydrogen-bond donors (Lipinski definition) is 0. The minimum Gasteiger partial charge on any atom is -0.298 e. The number of halogens is 1. The normalized spacial score (nSPS) is 11.8. The lowest BCUT2D eigenvalue weighted by molar-refractivity contribution is -0.118. The molecule has 0 aliphatic rings. The molecule has 0 aromatic heterocycles. The second-order valence-corrected chi connectivity index (χ2v) is 4.32. The summed E-state index contributed by atoms with van der Waals surface area (Å²) in [5.41, 5.74) is 2.15. The molecule has 0 fully saturated rings. The molecule has 0 N–H and O–H groups in total. The summed E-state index contributed by atoms with van der Waals surface area (Å²) in [7, 11) is 0. The molecule has 0 saturated carbocycles. The van der Waals surface area contributed by atoms with E-state index in [1.807, 2.05) is 31.2 Å². The van der Waals surface area contributed by atoms with E-state index in [0.29, 0.717) is 18.2 Å². The number of hydrogen-bond acceptors (Lipinski definition) is 2. The molecule has 0 aliphatic heterocycles. The van der Waals surface area contributed by atoms with Gasteiger partial charge in [0.25, 0.3) is 0 Å². The lowest BCUT2D eigenvalue weighted by Crippen LogP contribution is -2.13. The topological polar surface area (TPSA) is 40.9 Å². The first-order chi connectivity index (χ1) is 7.69. The molecule has 0 bridgehead atoms. The van der Waals surface area contributed by atoms with E-state index in [1.165, 1.54) is 0 Å². The van der Waals surface area contributed by atoms with E-state index in [2.05, 4.69) is 22.0 Å². The molecule has 1 aromatic carbocycles. The summed E-state index contributed by atoms with van der Waals surface area (Å²) in [5, 5.41) is 8.94. The van der Waals surface area contributed by atoms with Crippen molar-refractivity contribution in [2.24, 2.45) is 0 Å².